The highest BCUT2D eigenvalue weighted by Crippen LogP contribution is 2.21. The largest absolute Gasteiger partial charge is 0.273 e. The standard InChI is InChI=1S/C23H18Cl2N6O2/c24-19-11-10-18(20(25)13-19)12-21(32)26-28-23(33)17-8-6-15(7-9-17)14-31-29-22(27-30-31)16-4-2-1-3-5-16/h1-11,13H,12,14H2,(H,26,32)(H,28,33). The van der Waals surface area contributed by atoms with Crippen molar-refractivity contribution in [2.45, 2.75) is 13.0 Å². The third-order valence-corrected chi connectivity index (χ3v) is 5.29. The molecule has 1 aromatic heterocycles. The lowest BCUT2D eigenvalue weighted by Crippen LogP contribution is -2.42. The van der Waals surface area contributed by atoms with E-state index >= 15 is 0 Å². The number of benzene rings is 3. The van der Waals surface area contributed by atoms with Gasteiger partial charge in [0.15, 0.2) is 0 Å². The van der Waals surface area contributed by atoms with Crippen molar-refractivity contribution in [3.05, 3.63) is 99.5 Å². The second-order valence-electron chi connectivity index (χ2n) is 7.12. The molecule has 3 aromatic carbocycles. The summed E-state index contributed by atoms with van der Waals surface area (Å²) in [5.41, 5.74) is 7.55. The number of carbonyl (C=O) groups is 2. The van der Waals surface area contributed by atoms with Crippen LogP contribution in [0, 0.1) is 0 Å². The predicted molar refractivity (Wildman–Crippen MR) is 125 cm³/mol. The van der Waals surface area contributed by atoms with Crippen molar-refractivity contribution in [2.24, 2.45) is 0 Å². The Morgan fingerprint density at radius 1 is 0.909 bits per heavy atom. The predicted octanol–water partition coefficient (Wildman–Crippen LogP) is 3.70. The molecule has 0 saturated carbocycles. The molecule has 4 aromatic rings. The quantitative estimate of drug-likeness (QED) is 0.409. The molecule has 33 heavy (non-hydrogen) atoms. The summed E-state index contributed by atoms with van der Waals surface area (Å²) < 4.78 is 0. The maximum atomic E-state index is 12.3. The number of tetrazole rings is 1. The molecule has 0 aliphatic rings. The van der Waals surface area contributed by atoms with Crippen LogP contribution in [0.25, 0.3) is 11.4 Å². The summed E-state index contributed by atoms with van der Waals surface area (Å²) in [6, 6.07) is 21.3. The normalized spacial score (nSPS) is 10.6. The molecule has 0 spiro atoms. The monoisotopic (exact) mass is 480 g/mol. The number of nitrogens with one attached hydrogen (secondary N) is 2. The van der Waals surface area contributed by atoms with E-state index in [2.05, 4.69) is 26.3 Å². The second-order valence-corrected chi connectivity index (χ2v) is 7.96. The van der Waals surface area contributed by atoms with Crippen LogP contribution in [0.4, 0.5) is 0 Å². The van der Waals surface area contributed by atoms with Crippen LogP contribution in [-0.4, -0.2) is 32.0 Å². The summed E-state index contributed by atoms with van der Waals surface area (Å²) >= 11 is 11.9. The van der Waals surface area contributed by atoms with E-state index in [9.17, 15) is 9.59 Å². The lowest BCUT2D eigenvalue weighted by molar-refractivity contribution is -0.121. The Bertz CT molecular complexity index is 1280. The van der Waals surface area contributed by atoms with Gasteiger partial charge in [0.1, 0.15) is 0 Å². The minimum absolute atomic E-state index is 0.00505. The number of hydrogen-bond donors (Lipinski definition) is 2. The number of nitrogens with zero attached hydrogens (tertiary/aromatic N) is 4. The van der Waals surface area contributed by atoms with Gasteiger partial charge in [0.05, 0.1) is 13.0 Å². The van der Waals surface area contributed by atoms with Crippen LogP contribution < -0.4 is 10.9 Å². The minimum Gasteiger partial charge on any atom is -0.273 e. The minimum atomic E-state index is -0.442. The smallest absolute Gasteiger partial charge is 0.269 e. The van der Waals surface area contributed by atoms with Gasteiger partial charge in [0.2, 0.25) is 11.7 Å². The van der Waals surface area contributed by atoms with Crippen molar-refractivity contribution in [3.63, 3.8) is 0 Å². The number of hydrazine groups is 1. The second kappa shape index (κ2) is 10.2. The molecule has 4 rings (SSSR count). The fraction of sp³-hybridized carbons (Fsp3) is 0.0870. The Morgan fingerprint density at radius 3 is 2.39 bits per heavy atom. The molecular weight excluding hydrogens is 463 g/mol. The third kappa shape index (κ3) is 5.94. The van der Waals surface area contributed by atoms with E-state index in [1.54, 1.807) is 42.5 Å². The molecular formula is C23H18Cl2N6O2. The molecule has 2 amide bonds. The van der Waals surface area contributed by atoms with E-state index < -0.39 is 11.8 Å². The Kier molecular flexibility index (Phi) is 6.97. The molecule has 0 bridgehead atoms. The molecule has 0 aliphatic heterocycles. The fourth-order valence-electron chi connectivity index (χ4n) is 3.02. The highest BCUT2D eigenvalue weighted by Gasteiger charge is 2.11. The van der Waals surface area contributed by atoms with E-state index in [0.717, 1.165) is 11.1 Å². The molecule has 0 saturated heterocycles. The number of aromatic nitrogens is 4. The zero-order chi connectivity index (χ0) is 23.2. The first-order valence-electron chi connectivity index (χ1n) is 9.93. The summed E-state index contributed by atoms with van der Waals surface area (Å²) in [6.07, 6.45) is 0.00505. The van der Waals surface area contributed by atoms with Crippen LogP contribution in [-0.2, 0) is 17.8 Å². The van der Waals surface area contributed by atoms with Crippen LogP contribution in [0.5, 0.6) is 0 Å². The van der Waals surface area contributed by atoms with Crippen LogP contribution in [0.3, 0.4) is 0 Å². The maximum absolute atomic E-state index is 12.3. The molecule has 0 unspecified atom stereocenters. The van der Waals surface area contributed by atoms with E-state index in [-0.39, 0.29) is 6.42 Å². The van der Waals surface area contributed by atoms with Crippen molar-refractivity contribution < 1.29 is 9.59 Å². The van der Waals surface area contributed by atoms with E-state index in [0.29, 0.717) is 33.5 Å². The zero-order valence-corrected chi connectivity index (χ0v) is 18.7. The average molecular weight is 481 g/mol. The molecule has 0 radical (unpaired) electrons. The van der Waals surface area contributed by atoms with Crippen molar-refractivity contribution >= 4 is 35.0 Å². The van der Waals surface area contributed by atoms with Crippen molar-refractivity contribution in [2.75, 3.05) is 0 Å². The van der Waals surface area contributed by atoms with Crippen molar-refractivity contribution in [1.29, 1.82) is 0 Å². The molecule has 0 atom stereocenters. The Hall–Kier alpha value is -3.75. The topological polar surface area (TPSA) is 102 Å². The van der Waals surface area contributed by atoms with Gasteiger partial charge in [-0.25, -0.2) is 0 Å². The highest BCUT2D eigenvalue weighted by molar-refractivity contribution is 6.35. The summed E-state index contributed by atoms with van der Waals surface area (Å²) in [6.45, 7) is 0.403. The molecule has 1 heterocycles. The molecule has 10 heteroatoms. The fourth-order valence-corrected chi connectivity index (χ4v) is 3.49. The summed E-state index contributed by atoms with van der Waals surface area (Å²) in [4.78, 5) is 25.9. The van der Waals surface area contributed by atoms with Gasteiger partial charge < -0.3 is 0 Å². The number of hydrogen-bond acceptors (Lipinski definition) is 5. The van der Waals surface area contributed by atoms with Crippen LogP contribution >= 0.6 is 23.2 Å². The highest BCUT2D eigenvalue weighted by atomic mass is 35.5. The zero-order valence-electron chi connectivity index (χ0n) is 17.2. The lowest BCUT2D eigenvalue weighted by atomic mass is 10.1. The first-order chi connectivity index (χ1) is 16.0. The first-order valence-corrected chi connectivity index (χ1v) is 10.7. The first kappa shape index (κ1) is 22.4. The van der Waals surface area contributed by atoms with Gasteiger partial charge in [0, 0.05) is 21.2 Å². The summed E-state index contributed by atoms with van der Waals surface area (Å²) in [5, 5.41) is 13.4. The van der Waals surface area contributed by atoms with Gasteiger partial charge in [-0.3, -0.25) is 20.4 Å². The number of halogens is 2. The lowest BCUT2D eigenvalue weighted by Gasteiger charge is -2.09. The Labute approximate surface area is 199 Å². The van der Waals surface area contributed by atoms with E-state index in [4.69, 9.17) is 23.2 Å². The van der Waals surface area contributed by atoms with Crippen LogP contribution in [0.1, 0.15) is 21.5 Å². The molecule has 0 fully saturated rings. The van der Waals surface area contributed by atoms with Crippen molar-refractivity contribution in [3.8, 4) is 11.4 Å². The number of carbonyl (C=O) groups excluding carboxylic acids is 2. The molecule has 2 N–H and O–H groups in total. The van der Waals surface area contributed by atoms with Gasteiger partial charge in [-0.2, -0.15) is 4.80 Å². The van der Waals surface area contributed by atoms with Gasteiger partial charge >= 0.3 is 0 Å². The molecule has 0 aliphatic carbocycles. The van der Waals surface area contributed by atoms with E-state index in [1.165, 1.54) is 4.80 Å². The summed E-state index contributed by atoms with van der Waals surface area (Å²) in [5.74, 6) is -0.305. The SMILES string of the molecule is O=C(Cc1ccc(Cl)cc1Cl)NNC(=O)c1ccc(Cn2nnc(-c3ccccc3)n2)cc1. The number of rotatable bonds is 6. The van der Waals surface area contributed by atoms with E-state index in [1.807, 2.05) is 30.3 Å². The average Bonchev–Trinajstić information content (AvgIpc) is 3.29. The maximum Gasteiger partial charge on any atom is 0.269 e. The van der Waals surface area contributed by atoms with Gasteiger partial charge in [-0.15, -0.1) is 10.2 Å². The Balaban J connectivity index is 1.30. The third-order valence-electron chi connectivity index (χ3n) is 4.71. The molecule has 166 valence electrons. The van der Waals surface area contributed by atoms with Gasteiger partial charge in [-0.05, 0) is 40.6 Å². The number of amides is 2. The molecule has 8 nitrogen and oxygen atoms in total. The summed E-state index contributed by atoms with van der Waals surface area (Å²) in [7, 11) is 0. The van der Waals surface area contributed by atoms with Crippen molar-refractivity contribution in [1.82, 2.24) is 31.1 Å². The van der Waals surface area contributed by atoms with Gasteiger partial charge in [-0.1, -0.05) is 71.7 Å². The van der Waals surface area contributed by atoms with Crippen LogP contribution in [0.15, 0.2) is 72.8 Å². The van der Waals surface area contributed by atoms with Crippen LogP contribution in [0.2, 0.25) is 10.0 Å². The Morgan fingerprint density at radius 2 is 1.67 bits per heavy atom. The van der Waals surface area contributed by atoms with Gasteiger partial charge in [0.25, 0.3) is 5.91 Å².